The summed E-state index contributed by atoms with van der Waals surface area (Å²) in [6.45, 7) is -0.371. The maximum absolute atomic E-state index is 12.4. The second kappa shape index (κ2) is 4.66. The zero-order valence-corrected chi connectivity index (χ0v) is 12.6. The van der Waals surface area contributed by atoms with Gasteiger partial charge in [0.05, 0.1) is 17.3 Å². The van der Waals surface area contributed by atoms with E-state index in [0.29, 0.717) is 4.90 Å². The average molecular weight is 310 g/mol. The summed E-state index contributed by atoms with van der Waals surface area (Å²) in [5, 5.41) is 15.1. The number of benzene rings is 4. The molecule has 22 heavy (non-hydrogen) atoms. The fourth-order valence-corrected chi connectivity index (χ4v) is 4.45. The van der Waals surface area contributed by atoms with E-state index in [-0.39, 0.29) is 12.4 Å². The molecule has 0 radical (unpaired) electrons. The molecule has 3 nitrogen and oxygen atoms in total. The van der Waals surface area contributed by atoms with Crippen molar-refractivity contribution in [2.45, 2.75) is 4.90 Å². The third kappa shape index (κ3) is 1.81. The molecule has 4 aromatic carbocycles. The Morgan fingerprint density at radius 3 is 2.05 bits per heavy atom. The molecule has 0 unspecified atom stereocenters. The van der Waals surface area contributed by atoms with Gasteiger partial charge in [0, 0.05) is 5.39 Å². The fourth-order valence-electron chi connectivity index (χ4n) is 3.21. The van der Waals surface area contributed by atoms with Crippen molar-refractivity contribution in [3.8, 4) is 0 Å². The molecule has 0 bridgehead atoms. The molecule has 0 aliphatic rings. The first-order valence-electron chi connectivity index (χ1n) is 7.12. The Morgan fingerprint density at radius 1 is 0.773 bits per heavy atom. The summed E-state index contributed by atoms with van der Waals surface area (Å²) in [5.41, 5.74) is 0. The van der Waals surface area contributed by atoms with E-state index >= 15 is 0 Å². The van der Waals surface area contributed by atoms with E-state index in [0.717, 1.165) is 32.3 Å². The van der Waals surface area contributed by atoms with Crippen LogP contribution in [0.2, 0.25) is 0 Å². The van der Waals surface area contributed by atoms with Gasteiger partial charge in [-0.3, -0.25) is 0 Å². The number of aliphatic hydroxyl groups is 1. The second-order valence-electron chi connectivity index (χ2n) is 5.46. The van der Waals surface area contributed by atoms with Gasteiger partial charge in [-0.05, 0) is 33.0 Å². The van der Waals surface area contributed by atoms with Crippen LogP contribution in [0.25, 0.3) is 32.3 Å². The first-order valence-corrected chi connectivity index (χ1v) is 8.77. The summed E-state index contributed by atoms with van der Waals surface area (Å²) in [6, 6.07) is 17.5. The Morgan fingerprint density at radius 2 is 1.36 bits per heavy atom. The molecule has 4 heteroatoms. The van der Waals surface area contributed by atoms with Gasteiger partial charge in [-0.1, -0.05) is 48.5 Å². The van der Waals surface area contributed by atoms with Crippen molar-refractivity contribution in [2.75, 3.05) is 12.4 Å². The maximum Gasteiger partial charge on any atom is 0.181 e. The molecule has 1 N–H and O–H groups in total. The molecule has 0 spiro atoms. The minimum atomic E-state index is -3.49. The Kier molecular flexibility index (Phi) is 2.86. The summed E-state index contributed by atoms with van der Waals surface area (Å²) >= 11 is 0. The third-order valence-corrected chi connectivity index (χ3v) is 5.93. The second-order valence-corrected chi connectivity index (χ2v) is 7.54. The number of sulfone groups is 1. The lowest BCUT2D eigenvalue weighted by Gasteiger charge is -2.13. The van der Waals surface area contributed by atoms with Crippen LogP contribution in [0.4, 0.5) is 0 Å². The standard InChI is InChI=1S/C18H14O3S/c19-10-11-22(20,21)16-9-7-14-5-4-12-2-1-3-13-6-8-15(16)18(14)17(12)13/h1-9,19H,10-11H2. The zero-order valence-electron chi connectivity index (χ0n) is 11.8. The Labute approximate surface area is 128 Å². The van der Waals surface area contributed by atoms with Crippen LogP contribution in [0.3, 0.4) is 0 Å². The predicted molar refractivity (Wildman–Crippen MR) is 89.3 cm³/mol. The molecule has 0 saturated heterocycles. The van der Waals surface area contributed by atoms with Crippen LogP contribution in [-0.4, -0.2) is 25.9 Å². The molecule has 0 atom stereocenters. The molecule has 0 saturated carbocycles. The highest BCUT2D eigenvalue weighted by atomic mass is 32.2. The first kappa shape index (κ1) is 13.5. The molecule has 0 fully saturated rings. The van der Waals surface area contributed by atoms with Gasteiger partial charge in [0.1, 0.15) is 0 Å². The van der Waals surface area contributed by atoms with E-state index in [1.165, 1.54) is 0 Å². The quantitative estimate of drug-likeness (QED) is 0.590. The van der Waals surface area contributed by atoms with Crippen LogP contribution < -0.4 is 0 Å². The van der Waals surface area contributed by atoms with Gasteiger partial charge in [0.2, 0.25) is 0 Å². The van der Waals surface area contributed by atoms with E-state index < -0.39 is 9.84 Å². The third-order valence-electron chi connectivity index (χ3n) is 4.18. The molecule has 0 aromatic heterocycles. The van der Waals surface area contributed by atoms with Crippen LogP contribution in [0, 0.1) is 0 Å². The normalized spacial score (nSPS) is 12.6. The maximum atomic E-state index is 12.4. The van der Waals surface area contributed by atoms with Crippen LogP contribution in [0.15, 0.2) is 59.5 Å². The molecule has 0 amide bonds. The summed E-state index contributed by atoms with van der Waals surface area (Å²) in [7, 11) is -3.49. The van der Waals surface area contributed by atoms with Crippen molar-refractivity contribution in [2.24, 2.45) is 0 Å². The Hall–Kier alpha value is -2.17. The molecule has 0 aliphatic carbocycles. The van der Waals surface area contributed by atoms with Crippen LogP contribution in [-0.2, 0) is 9.84 Å². The summed E-state index contributed by atoms with van der Waals surface area (Å²) in [5.74, 6) is -0.253. The fraction of sp³-hybridized carbons (Fsp3) is 0.111. The molecule has 0 heterocycles. The Balaban J connectivity index is 2.22. The summed E-state index contributed by atoms with van der Waals surface area (Å²) in [6.07, 6.45) is 0. The summed E-state index contributed by atoms with van der Waals surface area (Å²) in [4.78, 5) is 0.298. The SMILES string of the molecule is O=S(=O)(CCO)c1ccc2ccc3cccc4ccc1c2c34. The predicted octanol–water partition coefficient (Wildman–Crippen LogP) is 3.35. The van der Waals surface area contributed by atoms with Crippen LogP contribution in [0.1, 0.15) is 0 Å². The van der Waals surface area contributed by atoms with E-state index in [1.54, 1.807) is 6.07 Å². The van der Waals surface area contributed by atoms with Crippen molar-refractivity contribution in [3.05, 3.63) is 54.6 Å². The van der Waals surface area contributed by atoms with Gasteiger partial charge in [0.15, 0.2) is 9.84 Å². The van der Waals surface area contributed by atoms with Crippen molar-refractivity contribution < 1.29 is 13.5 Å². The molecule has 110 valence electrons. The highest BCUT2D eigenvalue weighted by Gasteiger charge is 2.19. The van der Waals surface area contributed by atoms with Crippen molar-refractivity contribution in [3.63, 3.8) is 0 Å². The van der Waals surface area contributed by atoms with Crippen LogP contribution in [0.5, 0.6) is 0 Å². The van der Waals surface area contributed by atoms with Gasteiger partial charge >= 0.3 is 0 Å². The van der Waals surface area contributed by atoms with E-state index in [1.807, 2.05) is 42.5 Å². The largest absolute Gasteiger partial charge is 0.395 e. The lowest BCUT2D eigenvalue weighted by molar-refractivity contribution is 0.319. The van der Waals surface area contributed by atoms with Gasteiger partial charge in [-0.15, -0.1) is 0 Å². The lowest BCUT2D eigenvalue weighted by Crippen LogP contribution is -2.10. The smallest absolute Gasteiger partial charge is 0.181 e. The van der Waals surface area contributed by atoms with Gasteiger partial charge in [-0.25, -0.2) is 8.42 Å². The molecule has 4 aromatic rings. The molecule has 4 rings (SSSR count). The topological polar surface area (TPSA) is 54.4 Å². The first-order chi connectivity index (χ1) is 10.6. The van der Waals surface area contributed by atoms with E-state index in [2.05, 4.69) is 6.07 Å². The summed E-state index contributed by atoms with van der Waals surface area (Å²) < 4.78 is 24.8. The van der Waals surface area contributed by atoms with Gasteiger partial charge < -0.3 is 5.11 Å². The number of aliphatic hydroxyl groups excluding tert-OH is 1. The van der Waals surface area contributed by atoms with Crippen molar-refractivity contribution >= 4 is 42.2 Å². The number of hydrogen-bond acceptors (Lipinski definition) is 3. The monoisotopic (exact) mass is 310 g/mol. The molecule has 0 aliphatic heterocycles. The Bertz CT molecular complexity index is 1080. The highest BCUT2D eigenvalue weighted by Crippen LogP contribution is 2.37. The van der Waals surface area contributed by atoms with Crippen molar-refractivity contribution in [1.82, 2.24) is 0 Å². The van der Waals surface area contributed by atoms with Crippen molar-refractivity contribution in [1.29, 1.82) is 0 Å². The van der Waals surface area contributed by atoms with Gasteiger partial charge in [0.25, 0.3) is 0 Å². The highest BCUT2D eigenvalue weighted by molar-refractivity contribution is 7.91. The minimum absolute atomic E-state index is 0.253. The molecular formula is C18H14O3S. The number of rotatable bonds is 3. The van der Waals surface area contributed by atoms with Crippen LogP contribution >= 0.6 is 0 Å². The van der Waals surface area contributed by atoms with E-state index in [4.69, 9.17) is 5.11 Å². The lowest BCUT2D eigenvalue weighted by atomic mass is 9.94. The van der Waals surface area contributed by atoms with E-state index in [9.17, 15) is 8.42 Å². The molecular weight excluding hydrogens is 296 g/mol. The number of hydrogen-bond donors (Lipinski definition) is 1. The zero-order chi connectivity index (χ0) is 15.3. The average Bonchev–Trinajstić information content (AvgIpc) is 2.52. The van der Waals surface area contributed by atoms with Gasteiger partial charge in [-0.2, -0.15) is 0 Å². The minimum Gasteiger partial charge on any atom is -0.395 e.